The third-order valence-electron chi connectivity index (χ3n) is 4.52. The zero-order chi connectivity index (χ0) is 22.1. The summed E-state index contributed by atoms with van der Waals surface area (Å²) in [5.74, 6) is -0.435. The number of hydrogen-bond donors (Lipinski definition) is 1. The van der Waals surface area contributed by atoms with Gasteiger partial charge in [-0.2, -0.15) is 4.99 Å². The summed E-state index contributed by atoms with van der Waals surface area (Å²) in [5.41, 5.74) is 2.10. The van der Waals surface area contributed by atoms with Crippen molar-refractivity contribution in [1.29, 1.82) is 5.41 Å². The van der Waals surface area contributed by atoms with Crippen molar-refractivity contribution in [2.75, 3.05) is 7.11 Å². The minimum atomic E-state index is -0.516. The number of nitrogens with zero attached hydrogens (tertiary/aromatic N) is 2. The first-order valence-electron chi connectivity index (χ1n) is 9.10. The van der Waals surface area contributed by atoms with E-state index in [2.05, 4.69) is 20.9 Å². The molecule has 0 saturated carbocycles. The van der Waals surface area contributed by atoms with Crippen molar-refractivity contribution in [3.05, 3.63) is 74.7 Å². The highest BCUT2D eigenvalue weighted by atomic mass is 79.9. The summed E-state index contributed by atoms with van der Waals surface area (Å²) in [6.07, 6.45) is 3.25. The van der Waals surface area contributed by atoms with E-state index in [1.54, 1.807) is 52.9 Å². The number of ether oxygens (including phenoxy) is 2. The second-order valence-electron chi connectivity index (χ2n) is 6.67. The van der Waals surface area contributed by atoms with E-state index in [0.717, 1.165) is 5.56 Å². The van der Waals surface area contributed by atoms with Crippen LogP contribution in [0.2, 0.25) is 0 Å². The zero-order valence-corrected chi connectivity index (χ0v) is 18.9. The Morgan fingerprint density at radius 1 is 1.29 bits per heavy atom. The molecular weight excluding hydrogens is 482 g/mol. The average molecular weight is 498 g/mol. The Balaban J connectivity index is 1.66. The quantitative estimate of drug-likeness (QED) is 0.371. The zero-order valence-electron chi connectivity index (χ0n) is 16.5. The normalized spacial score (nSPS) is 16.4. The van der Waals surface area contributed by atoms with Gasteiger partial charge in [-0.15, -0.1) is 0 Å². The number of rotatable bonds is 4. The van der Waals surface area contributed by atoms with Gasteiger partial charge in [-0.1, -0.05) is 29.5 Å². The molecule has 0 fully saturated rings. The predicted molar refractivity (Wildman–Crippen MR) is 124 cm³/mol. The fourth-order valence-corrected chi connectivity index (χ4v) is 4.29. The van der Waals surface area contributed by atoms with Gasteiger partial charge in [-0.05, 0) is 64.2 Å². The molecule has 2 heterocycles. The Morgan fingerprint density at radius 3 is 2.84 bits per heavy atom. The maximum atomic E-state index is 12.6. The SMILES string of the molecule is COc1cc(/C=C2/C(=N)N3C=CSC3=NC2=O)cc(Br)c1OC(=O)c1cccc(C)c1. The van der Waals surface area contributed by atoms with E-state index in [9.17, 15) is 9.59 Å². The molecule has 7 nitrogen and oxygen atoms in total. The summed E-state index contributed by atoms with van der Waals surface area (Å²) in [7, 11) is 1.46. The van der Waals surface area contributed by atoms with E-state index in [4.69, 9.17) is 14.9 Å². The highest BCUT2D eigenvalue weighted by molar-refractivity contribution is 9.10. The summed E-state index contributed by atoms with van der Waals surface area (Å²) in [6, 6.07) is 10.4. The molecule has 0 aromatic heterocycles. The van der Waals surface area contributed by atoms with Gasteiger partial charge >= 0.3 is 5.97 Å². The number of esters is 1. The molecule has 2 aliphatic heterocycles. The van der Waals surface area contributed by atoms with Crippen molar-refractivity contribution in [2.45, 2.75) is 6.92 Å². The van der Waals surface area contributed by atoms with Gasteiger partial charge in [0.15, 0.2) is 16.7 Å². The fourth-order valence-electron chi connectivity index (χ4n) is 3.04. The molecule has 31 heavy (non-hydrogen) atoms. The summed E-state index contributed by atoms with van der Waals surface area (Å²) in [4.78, 5) is 30.5. The van der Waals surface area contributed by atoms with Crippen LogP contribution >= 0.6 is 27.7 Å². The van der Waals surface area contributed by atoms with Crippen LogP contribution < -0.4 is 9.47 Å². The van der Waals surface area contributed by atoms with Crippen molar-refractivity contribution in [3.63, 3.8) is 0 Å². The highest BCUT2D eigenvalue weighted by Crippen LogP contribution is 2.38. The van der Waals surface area contributed by atoms with E-state index >= 15 is 0 Å². The molecule has 4 rings (SSSR count). The lowest BCUT2D eigenvalue weighted by atomic mass is 10.1. The number of amides is 1. The molecule has 0 saturated heterocycles. The summed E-state index contributed by atoms with van der Waals surface area (Å²) in [5, 5.41) is 10.6. The van der Waals surface area contributed by atoms with E-state index in [1.807, 2.05) is 13.0 Å². The second kappa shape index (κ2) is 8.52. The van der Waals surface area contributed by atoms with Crippen LogP contribution in [0.1, 0.15) is 21.5 Å². The first-order chi connectivity index (χ1) is 14.9. The van der Waals surface area contributed by atoms with Crippen LogP contribution in [0.3, 0.4) is 0 Å². The second-order valence-corrected chi connectivity index (χ2v) is 8.40. The highest BCUT2D eigenvalue weighted by Gasteiger charge is 2.31. The molecule has 9 heteroatoms. The van der Waals surface area contributed by atoms with E-state index in [-0.39, 0.29) is 17.2 Å². The van der Waals surface area contributed by atoms with Gasteiger partial charge in [0.05, 0.1) is 22.7 Å². The van der Waals surface area contributed by atoms with Gasteiger partial charge < -0.3 is 9.47 Å². The number of nitrogens with one attached hydrogen (secondary N) is 1. The number of amidine groups is 2. The minimum Gasteiger partial charge on any atom is -0.493 e. The van der Waals surface area contributed by atoms with Crippen LogP contribution in [-0.2, 0) is 4.79 Å². The Bertz CT molecular complexity index is 1220. The number of fused-ring (bicyclic) bond motifs is 1. The number of carbonyl (C=O) groups is 2. The lowest BCUT2D eigenvalue weighted by molar-refractivity contribution is -0.114. The van der Waals surface area contributed by atoms with Gasteiger partial charge in [-0.25, -0.2) is 4.79 Å². The Kier molecular flexibility index (Phi) is 5.79. The van der Waals surface area contributed by atoms with Crippen LogP contribution in [0.4, 0.5) is 0 Å². The monoisotopic (exact) mass is 497 g/mol. The van der Waals surface area contributed by atoms with Crippen molar-refractivity contribution in [3.8, 4) is 11.5 Å². The van der Waals surface area contributed by atoms with E-state index in [0.29, 0.717) is 26.5 Å². The van der Waals surface area contributed by atoms with Gasteiger partial charge in [0.2, 0.25) is 0 Å². The van der Waals surface area contributed by atoms with Crippen LogP contribution in [-0.4, -0.2) is 34.9 Å². The average Bonchev–Trinajstić information content (AvgIpc) is 3.21. The van der Waals surface area contributed by atoms with Crippen LogP contribution in [0.25, 0.3) is 6.08 Å². The number of aryl methyl sites for hydroxylation is 1. The van der Waals surface area contributed by atoms with E-state index in [1.165, 1.54) is 18.9 Å². The smallest absolute Gasteiger partial charge is 0.343 e. The summed E-state index contributed by atoms with van der Waals surface area (Å²) in [6.45, 7) is 1.89. The summed E-state index contributed by atoms with van der Waals surface area (Å²) >= 11 is 4.70. The minimum absolute atomic E-state index is 0.0429. The molecule has 1 N–H and O–H groups in total. The maximum absolute atomic E-state index is 12.6. The summed E-state index contributed by atoms with van der Waals surface area (Å²) < 4.78 is 11.4. The number of methoxy groups -OCH3 is 1. The topological polar surface area (TPSA) is 92.1 Å². The van der Waals surface area contributed by atoms with E-state index < -0.39 is 11.9 Å². The molecule has 2 aromatic carbocycles. The molecule has 2 aromatic rings. The lowest BCUT2D eigenvalue weighted by Crippen LogP contribution is -2.35. The molecule has 0 spiro atoms. The predicted octanol–water partition coefficient (Wildman–Crippen LogP) is 4.76. The Morgan fingerprint density at radius 2 is 2.10 bits per heavy atom. The molecule has 0 radical (unpaired) electrons. The number of thioether (sulfide) groups is 1. The van der Waals surface area contributed by atoms with Crippen molar-refractivity contribution in [1.82, 2.24) is 4.90 Å². The third kappa shape index (κ3) is 4.19. The largest absolute Gasteiger partial charge is 0.493 e. The van der Waals surface area contributed by atoms with Crippen molar-refractivity contribution < 1.29 is 19.1 Å². The van der Waals surface area contributed by atoms with Gasteiger partial charge in [0.25, 0.3) is 5.91 Å². The maximum Gasteiger partial charge on any atom is 0.343 e. The number of hydrogen-bond acceptors (Lipinski definition) is 6. The Hall–Kier alpha value is -3.17. The Labute approximate surface area is 191 Å². The third-order valence-corrected chi connectivity index (χ3v) is 5.87. The van der Waals surface area contributed by atoms with Crippen molar-refractivity contribution >= 4 is 56.6 Å². The number of carbonyl (C=O) groups excluding carboxylic acids is 2. The number of halogens is 1. The van der Waals surface area contributed by atoms with Gasteiger partial charge in [-0.3, -0.25) is 15.1 Å². The molecule has 0 aliphatic carbocycles. The fraction of sp³-hybridized carbons (Fsp3) is 0.0909. The van der Waals surface area contributed by atoms with Crippen LogP contribution in [0, 0.1) is 12.3 Å². The van der Waals surface area contributed by atoms with Crippen molar-refractivity contribution in [2.24, 2.45) is 4.99 Å². The number of aliphatic imine (C=N–C) groups is 1. The first-order valence-corrected chi connectivity index (χ1v) is 10.8. The molecule has 0 atom stereocenters. The standard InChI is InChI=1S/C22H16BrN3O4S/c1-12-4-3-5-14(8-12)21(28)30-18-16(23)10-13(11-17(18)29-2)9-15-19(24)26-6-7-31-22(26)25-20(15)27/h3-11,24H,1-2H3/b15-9-,24-19?. The molecule has 2 aliphatic rings. The lowest BCUT2D eigenvalue weighted by Gasteiger charge is -2.22. The van der Waals surface area contributed by atoms with Crippen LogP contribution in [0.15, 0.2) is 63.0 Å². The van der Waals surface area contributed by atoms with Gasteiger partial charge in [0.1, 0.15) is 5.84 Å². The van der Waals surface area contributed by atoms with Crippen LogP contribution in [0.5, 0.6) is 11.5 Å². The molecule has 156 valence electrons. The number of benzene rings is 2. The first kappa shape index (κ1) is 21.1. The molecular formula is C22H16BrN3O4S. The van der Waals surface area contributed by atoms with Gasteiger partial charge in [0, 0.05) is 6.20 Å². The molecule has 0 bridgehead atoms. The molecule has 0 unspecified atom stereocenters. The molecule has 1 amide bonds.